The molecule has 132 valence electrons. The molecule has 1 aliphatic heterocycles. The van der Waals surface area contributed by atoms with Gasteiger partial charge in [-0.2, -0.15) is 0 Å². The molecule has 3 rings (SSSR count). The molecule has 0 aliphatic carbocycles. The number of nitrogens with zero attached hydrogens (tertiary/aromatic N) is 2. The number of carbonyl (C=O) groups is 1. The van der Waals surface area contributed by atoms with Gasteiger partial charge in [0.15, 0.2) is 0 Å². The average molecular weight is 338 g/mol. The highest BCUT2D eigenvalue weighted by atomic mass is 16.2. The Labute approximate surface area is 149 Å². The molecule has 1 aromatic heterocycles. The first kappa shape index (κ1) is 17.4. The number of hydrogen-bond donors (Lipinski definition) is 2. The number of amides is 2. The van der Waals surface area contributed by atoms with Crippen molar-refractivity contribution in [2.45, 2.75) is 38.9 Å². The number of urea groups is 1. The van der Waals surface area contributed by atoms with Crippen LogP contribution in [0.2, 0.25) is 0 Å². The zero-order valence-electron chi connectivity index (χ0n) is 14.7. The van der Waals surface area contributed by atoms with E-state index in [4.69, 9.17) is 0 Å². The van der Waals surface area contributed by atoms with Crippen molar-refractivity contribution >= 4 is 6.03 Å². The minimum atomic E-state index is -0.0961. The van der Waals surface area contributed by atoms with Gasteiger partial charge in [-0.3, -0.25) is 9.88 Å². The van der Waals surface area contributed by atoms with Gasteiger partial charge in [0.2, 0.25) is 0 Å². The number of hydrogen-bond acceptors (Lipinski definition) is 3. The van der Waals surface area contributed by atoms with Crippen LogP contribution in [0.1, 0.15) is 29.5 Å². The number of aromatic nitrogens is 1. The summed E-state index contributed by atoms with van der Waals surface area (Å²) < 4.78 is 0. The number of benzene rings is 1. The molecular weight excluding hydrogens is 312 g/mol. The summed E-state index contributed by atoms with van der Waals surface area (Å²) in [5.74, 6) is 0. The predicted molar refractivity (Wildman–Crippen MR) is 99.1 cm³/mol. The van der Waals surface area contributed by atoms with Crippen LogP contribution in [0.3, 0.4) is 0 Å². The molecule has 5 nitrogen and oxygen atoms in total. The van der Waals surface area contributed by atoms with Gasteiger partial charge in [0.05, 0.1) is 0 Å². The zero-order chi connectivity index (χ0) is 17.5. The third-order valence-electron chi connectivity index (χ3n) is 4.75. The van der Waals surface area contributed by atoms with Crippen LogP contribution < -0.4 is 10.6 Å². The molecule has 0 bridgehead atoms. The van der Waals surface area contributed by atoms with E-state index in [0.29, 0.717) is 6.54 Å². The molecule has 0 atom stereocenters. The van der Waals surface area contributed by atoms with Crippen molar-refractivity contribution in [3.8, 4) is 0 Å². The lowest BCUT2D eigenvalue weighted by Gasteiger charge is -2.32. The molecule has 1 aromatic carbocycles. The molecular formula is C20H26N4O. The molecule has 2 heterocycles. The van der Waals surface area contributed by atoms with E-state index in [2.05, 4.69) is 51.7 Å². The Bertz CT molecular complexity index is 681. The molecule has 1 saturated heterocycles. The second kappa shape index (κ2) is 8.62. The number of rotatable bonds is 5. The minimum Gasteiger partial charge on any atom is -0.335 e. The van der Waals surface area contributed by atoms with Gasteiger partial charge in [-0.25, -0.2) is 4.79 Å². The van der Waals surface area contributed by atoms with Crippen LogP contribution >= 0.6 is 0 Å². The van der Waals surface area contributed by atoms with E-state index in [9.17, 15) is 4.79 Å². The van der Waals surface area contributed by atoms with Gasteiger partial charge in [0, 0.05) is 44.6 Å². The molecule has 0 spiro atoms. The van der Waals surface area contributed by atoms with Crippen molar-refractivity contribution < 1.29 is 4.79 Å². The molecule has 2 aromatic rings. The van der Waals surface area contributed by atoms with E-state index in [1.165, 1.54) is 11.1 Å². The Kier molecular flexibility index (Phi) is 6.01. The lowest BCUT2D eigenvalue weighted by atomic mass is 10.0. The first-order valence-electron chi connectivity index (χ1n) is 8.91. The zero-order valence-corrected chi connectivity index (χ0v) is 14.7. The Morgan fingerprint density at radius 2 is 2.00 bits per heavy atom. The summed E-state index contributed by atoms with van der Waals surface area (Å²) >= 11 is 0. The molecule has 25 heavy (non-hydrogen) atoms. The van der Waals surface area contributed by atoms with Crippen LogP contribution in [0.4, 0.5) is 4.79 Å². The van der Waals surface area contributed by atoms with Crippen LogP contribution in [-0.2, 0) is 13.1 Å². The summed E-state index contributed by atoms with van der Waals surface area (Å²) in [4.78, 5) is 18.6. The van der Waals surface area contributed by atoms with Gasteiger partial charge in [-0.05, 0) is 42.5 Å². The maximum atomic E-state index is 12.0. The van der Waals surface area contributed by atoms with E-state index < -0.39 is 0 Å². The van der Waals surface area contributed by atoms with Gasteiger partial charge in [0.25, 0.3) is 0 Å². The lowest BCUT2D eigenvalue weighted by molar-refractivity contribution is 0.186. The number of pyridine rings is 1. The number of aryl methyl sites for hydroxylation is 1. The SMILES string of the molecule is Cc1ccccc1CN1CCC(NC(=O)NCc2cccnc2)CC1. The second-order valence-corrected chi connectivity index (χ2v) is 6.67. The van der Waals surface area contributed by atoms with E-state index in [1.54, 1.807) is 12.4 Å². The number of piperidine rings is 1. The van der Waals surface area contributed by atoms with E-state index in [0.717, 1.165) is 38.0 Å². The largest absolute Gasteiger partial charge is 0.335 e. The van der Waals surface area contributed by atoms with Crippen molar-refractivity contribution in [2.24, 2.45) is 0 Å². The van der Waals surface area contributed by atoms with Crippen molar-refractivity contribution in [1.82, 2.24) is 20.5 Å². The van der Waals surface area contributed by atoms with Crippen LogP contribution in [0.15, 0.2) is 48.8 Å². The van der Waals surface area contributed by atoms with E-state index >= 15 is 0 Å². The van der Waals surface area contributed by atoms with Gasteiger partial charge >= 0.3 is 6.03 Å². The molecule has 5 heteroatoms. The van der Waals surface area contributed by atoms with Gasteiger partial charge in [-0.15, -0.1) is 0 Å². The number of likely N-dealkylation sites (tertiary alicyclic amines) is 1. The fraction of sp³-hybridized carbons (Fsp3) is 0.400. The highest BCUT2D eigenvalue weighted by Crippen LogP contribution is 2.16. The van der Waals surface area contributed by atoms with E-state index in [-0.39, 0.29) is 12.1 Å². The molecule has 0 unspecified atom stereocenters. The van der Waals surface area contributed by atoms with Crippen molar-refractivity contribution in [3.63, 3.8) is 0 Å². The number of nitrogens with one attached hydrogen (secondary N) is 2. The topological polar surface area (TPSA) is 57.3 Å². The van der Waals surface area contributed by atoms with Crippen LogP contribution in [0.5, 0.6) is 0 Å². The summed E-state index contributed by atoms with van der Waals surface area (Å²) in [6.07, 6.45) is 5.48. The van der Waals surface area contributed by atoms with Crippen LogP contribution in [0.25, 0.3) is 0 Å². The maximum Gasteiger partial charge on any atom is 0.315 e. The smallest absolute Gasteiger partial charge is 0.315 e. The molecule has 1 aliphatic rings. The van der Waals surface area contributed by atoms with Gasteiger partial charge in [0.1, 0.15) is 0 Å². The normalized spacial score (nSPS) is 15.7. The first-order chi connectivity index (χ1) is 12.2. The van der Waals surface area contributed by atoms with Crippen molar-refractivity contribution in [3.05, 3.63) is 65.5 Å². The van der Waals surface area contributed by atoms with Crippen molar-refractivity contribution in [2.75, 3.05) is 13.1 Å². The van der Waals surface area contributed by atoms with Crippen molar-refractivity contribution in [1.29, 1.82) is 0 Å². The fourth-order valence-electron chi connectivity index (χ4n) is 3.19. The Hall–Kier alpha value is -2.40. The summed E-state index contributed by atoms with van der Waals surface area (Å²) in [5.41, 5.74) is 3.74. The Morgan fingerprint density at radius 1 is 1.20 bits per heavy atom. The second-order valence-electron chi connectivity index (χ2n) is 6.67. The van der Waals surface area contributed by atoms with Crippen LogP contribution in [-0.4, -0.2) is 35.0 Å². The first-order valence-corrected chi connectivity index (χ1v) is 8.91. The van der Waals surface area contributed by atoms with Gasteiger partial charge < -0.3 is 10.6 Å². The third-order valence-corrected chi connectivity index (χ3v) is 4.75. The Balaban J connectivity index is 1.39. The highest BCUT2D eigenvalue weighted by molar-refractivity contribution is 5.74. The predicted octanol–water partition coefficient (Wildman–Crippen LogP) is 2.85. The minimum absolute atomic E-state index is 0.0961. The molecule has 0 radical (unpaired) electrons. The highest BCUT2D eigenvalue weighted by Gasteiger charge is 2.20. The maximum absolute atomic E-state index is 12.0. The fourth-order valence-corrected chi connectivity index (χ4v) is 3.19. The Morgan fingerprint density at radius 3 is 2.72 bits per heavy atom. The summed E-state index contributed by atoms with van der Waals surface area (Å²) in [6.45, 7) is 5.69. The molecule has 2 N–H and O–H groups in total. The monoisotopic (exact) mass is 338 g/mol. The molecule has 0 saturated carbocycles. The molecule has 1 fully saturated rings. The summed E-state index contributed by atoms with van der Waals surface area (Å²) in [7, 11) is 0. The van der Waals surface area contributed by atoms with Crippen LogP contribution in [0, 0.1) is 6.92 Å². The average Bonchev–Trinajstić information content (AvgIpc) is 2.64. The molecule has 2 amide bonds. The van der Waals surface area contributed by atoms with E-state index in [1.807, 2.05) is 12.1 Å². The summed E-state index contributed by atoms with van der Waals surface area (Å²) in [5, 5.41) is 5.99. The lowest BCUT2D eigenvalue weighted by Crippen LogP contribution is -2.47. The standard InChI is InChI=1S/C20H26N4O/c1-16-5-2-3-7-18(16)15-24-11-8-19(9-12-24)23-20(25)22-14-17-6-4-10-21-13-17/h2-7,10,13,19H,8-9,11-12,14-15H2,1H3,(H2,22,23,25). The number of carbonyl (C=O) groups excluding carboxylic acids is 1. The summed E-state index contributed by atoms with van der Waals surface area (Å²) in [6, 6.07) is 12.5. The third kappa shape index (κ3) is 5.29. The quantitative estimate of drug-likeness (QED) is 0.881. The van der Waals surface area contributed by atoms with Gasteiger partial charge in [-0.1, -0.05) is 30.3 Å².